The third kappa shape index (κ3) is 8.50. The van der Waals surface area contributed by atoms with E-state index in [0.29, 0.717) is 22.0 Å². The van der Waals surface area contributed by atoms with Crippen LogP contribution in [-0.2, 0) is 16.2 Å². The molecule has 225 valence electrons. The van der Waals surface area contributed by atoms with Crippen LogP contribution in [0.5, 0.6) is 0 Å². The van der Waals surface area contributed by atoms with Crippen LogP contribution in [0.4, 0.5) is 0 Å². The van der Waals surface area contributed by atoms with Gasteiger partial charge in [0.25, 0.3) is 0 Å². The van der Waals surface area contributed by atoms with Crippen molar-refractivity contribution in [2.75, 3.05) is 4.99 Å². The van der Waals surface area contributed by atoms with E-state index in [2.05, 4.69) is 149 Å². The fourth-order valence-corrected chi connectivity index (χ4v) is 19.2. The first-order valence-electron chi connectivity index (χ1n) is 15.8. The van der Waals surface area contributed by atoms with Crippen molar-refractivity contribution < 1.29 is 0 Å². The molecule has 0 saturated heterocycles. The molecule has 0 bridgehead atoms. The molecule has 0 aliphatic heterocycles. The summed E-state index contributed by atoms with van der Waals surface area (Å²) in [6.45, 7) is 43.7. The second kappa shape index (κ2) is 12.6. The minimum atomic E-state index is -1.75. The van der Waals surface area contributed by atoms with Crippen molar-refractivity contribution in [2.45, 2.75) is 163 Å². The fourth-order valence-electron chi connectivity index (χ4n) is 5.66. The standard InChI is InChI=1S/C38H64GeP/c1-24(2)27-19-29(25(3)4)33(30(20-27)26(5)6)39(38(16,17)18)23-40-34-31(36(10,11)12)21-28(35(7,8)9)22-32(34)37(13,14)15/h19-22,24-26,40H,23H2,1-18H3. The van der Waals surface area contributed by atoms with E-state index in [0.717, 1.165) is 8.58 Å². The van der Waals surface area contributed by atoms with Crippen LogP contribution in [0.2, 0.25) is 4.25 Å². The summed E-state index contributed by atoms with van der Waals surface area (Å²) in [5.74, 6) is 1.68. The molecular formula is C38H64GeP. The molecule has 2 aromatic rings. The van der Waals surface area contributed by atoms with Crippen LogP contribution in [0.25, 0.3) is 0 Å². The Morgan fingerprint density at radius 3 is 1.25 bits per heavy atom. The van der Waals surface area contributed by atoms with Crippen molar-refractivity contribution >= 4 is 32.6 Å². The van der Waals surface area contributed by atoms with E-state index in [1.165, 1.54) is 16.1 Å². The van der Waals surface area contributed by atoms with Gasteiger partial charge in [-0.3, -0.25) is 0 Å². The molecule has 0 amide bonds. The fraction of sp³-hybridized carbons (Fsp3) is 0.684. The Kier molecular flexibility index (Phi) is 11.2. The Labute approximate surface area is 257 Å². The van der Waals surface area contributed by atoms with Gasteiger partial charge in [0.05, 0.1) is 0 Å². The van der Waals surface area contributed by atoms with Crippen LogP contribution in [0.1, 0.15) is 176 Å². The van der Waals surface area contributed by atoms with Crippen LogP contribution in [0.15, 0.2) is 24.3 Å². The van der Waals surface area contributed by atoms with Crippen molar-refractivity contribution in [1.29, 1.82) is 0 Å². The van der Waals surface area contributed by atoms with Gasteiger partial charge in [0.1, 0.15) is 0 Å². The van der Waals surface area contributed by atoms with Gasteiger partial charge in [-0.05, 0) is 0 Å². The molecule has 1 radical (unpaired) electrons. The molecular weight excluding hydrogens is 560 g/mol. The SMILES string of the molecule is CC(C)c1cc(C(C)C)[c]([Ge]([CH2]Pc2c(C(C)(C)C)cc(C(C)(C)C)cc2C(C)(C)C)[C](C)(C)C)c(C(C)C)c1. The van der Waals surface area contributed by atoms with Crippen molar-refractivity contribution in [3.8, 4) is 0 Å². The summed E-state index contributed by atoms with van der Waals surface area (Å²) in [4.78, 5) is 1.37. The summed E-state index contributed by atoms with van der Waals surface area (Å²) in [5.41, 5.74) is 9.86. The van der Waals surface area contributed by atoms with E-state index in [1.54, 1.807) is 27.6 Å². The molecule has 0 saturated carbocycles. The van der Waals surface area contributed by atoms with Gasteiger partial charge >= 0.3 is 258 Å². The third-order valence-corrected chi connectivity index (χ3v) is 19.4. The van der Waals surface area contributed by atoms with Crippen LogP contribution in [0, 0.1) is 0 Å². The first-order valence-corrected chi connectivity index (χ1v) is 20.6. The molecule has 0 nitrogen and oxygen atoms in total. The molecule has 0 aliphatic carbocycles. The predicted molar refractivity (Wildman–Crippen MR) is 189 cm³/mol. The van der Waals surface area contributed by atoms with E-state index in [4.69, 9.17) is 0 Å². The number of hydrogen-bond acceptors (Lipinski definition) is 0. The molecule has 1 unspecified atom stereocenters. The Hall–Kier alpha value is -0.587. The van der Waals surface area contributed by atoms with Crippen LogP contribution < -0.4 is 9.70 Å². The summed E-state index contributed by atoms with van der Waals surface area (Å²) in [6, 6.07) is 10.3. The molecule has 2 heteroatoms. The van der Waals surface area contributed by atoms with Gasteiger partial charge in [0, 0.05) is 0 Å². The predicted octanol–water partition coefficient (Wildman–Crippen LogP) is 11.0. The average Bonchev–Trinajstić information content (AvgIpc) is 2.75. The molecule has 40 heavy (non-hydrogen) atoms. The molecule has 1 atom stereocenters. The first-order chi connectivity index (χ1) is 17.9. The second-order valence-corrected chi connectivity index (χ2v) is 27.0. The Morgan fingerprint density at radius 2 is 0.975 bits per heavy atom. The van der Waals surface area contributed by atoms with Gasteiger partial charge in [-0.1, -0.05) is 0 Å². The molecule has 0 heterocycles. The Balaban J connectivity index is 2.86. The van der Waals surface area contributed by atoms with Gasteiger partial charge in [-0.2, -0.15) is 0 Å². The summed E-state index contributed by atoms with van der Waals surface area (Å²) < 4.78 is 2.16. The quantitative estimate of drug-likeness (QED) is 0.212. The van der Waals surface area contributed by atoms with Gasteiger partial charge in [-0.15, -0.1) is 0 Å². The van der Waals surface area contributed by atoms with Crippen molar-refractivity contribution in [1.82, 2.24) is 0 Å². The number of benzene rings is 2. The molecule has 0 aliphatic rings. The van der Waals surface area contributed by atoms with Crippen molar-refractivity contribution in [3.05, 3.63) is 57.6 Å². The van der Waals surface area contributed by atoms with Crippen molar-refractivity contribution in [3.63, 3.8) is 0 Å². The average molecular weight is 625 g/mol. The zero-order valence-corrected chi connectivity index (χ0v) is 32.8. The molecule has 0 fully saturated rings. The van der Waals surface area contributed by atoms with E-state index in [-0.39, 0.29) is 16.2 Å². The summed E-state index contributed by atoms with van der Waals surface area (Å²) in [7, 11) is 0.855. The minimum absolute atomic E-state index is 0.122. The van der Waals surface area contributed by atoms with Gasteiger partial charge in [0.15, 0.2) is 0 Å². The van der Waals surface area contributed by atoms with Gasteiger partial charge in [0.2, 0.25) is 0 Å². The molecule has 2 aromatic carbocycles. The van der Waals surface area contributed by atoms with Gasteiger partial charge < -0.3 is 0 Å². The van der Waals surface area contributed by atoms with Crippen LogP contribution >= 0.6 is 8.58 Å². The van der Waals surface area contributed by atoms with Crippen LogP contribution in [0.3, 0.4) is 0 Å². The maximum absolute atomic E-state index is 2.59. The number of rotatable bonds is 7. The van der Waals surface area contributed by atoms with E-state index >= 15 is 0 Å². The zero-order valence-electron chi connectivity index (χ0n) is 29.7. The topological polar surface area (TPSA) is 0 Å². The molecule has 2 rings (SSSR count). The summed E-state index contributed by atoms with van der Waals surface area (Å²) in [5, 5.41) is 1.67. The van der Waals surface area contributed by atoms with E-state index < -0.39 is 14.3 Å². The van der Waals surface area contributed by atoms with E-state index in [1.807, 2.05) is 4.40 Å². The molecule has 0 aromatic heterocycles. The molecule has 0 N–H and O–H groups in total. The third-order valence-electron chi connectivity index (χ3n) is 8.40. The van der Waals surface area contributed by atoms with Crippen LogP contribution in [-0.4, -0.2) is 19.3 Å². The Morgan fingerprint density at radius 1 is 0.575 bits per heavy atom. The molecule has 0 spiro atoms. The van der Waals surface area contributed by atoms with E-state index in [9.17, 15) is 0 Å². The maximum atomic E-state index is 2.59. The second-order valence-electron chi connectivity index (χ2n) is 17.3. The monoisotopic (exact) mass is 625 g/mol. The normalized spacial score (nSPS) is 14.2. The van der Waals surface area contributed by atoms with Gasteiger partial charge in [-0.25, -0.2) is 0 Å². The van der Waals surface area contributed by atoms with Crippen molar-refractivity contribution in [2.24, 2.45) is 0 Å². The zero-order chi connectivity index (χ0) is 31.2. The first kappa shape index (κ1) is 35.6. The Bertz CT molecular complexity index is 1090. The number of hydrogen-bond donors (Lipinski definition) is 0. The summed E-state index contributed by atoms with van der Waals surface area (Å²) >= 11 is -1.75. The summed E-state index contributed by atoms with van der Waals surface area (Å²) in [6.07, 6.45) is 0.